The zero-order chi connectivity index (χ0) is 21.5. The number of urea groups is 1. The number of nitrogens with one attached hydrogen (secondary N) is 2. The third-order valence-corrected chi connectivity index (χ3v) is 3.63. The van der Waals surface area contributed by atoms with Crippen molar-refractivity contribution in [1.82, 2.24) is 10.6 Å². The van der Waals surface area contributed by atoms with Gasteiger partial charge in [0, 0.05) is 5.54 Å². The number of ether oxygens (including phenoxy) is 1. The third kappa shape index (κ3) is 7.62. The molecule has 2 N–H and O–H groups in total. The Bertz CT molecular complexity index is 796. The van der Waals surface area contributed by atoms with Crippen molar-refractivity contribution >= 4 is 24.0 Å². The lowest BCUT2D eigenvalue weighted by atomic mass is 10.0. The molecule has 0 aliphatic carbocycles. The topological polar surface area (TPSA) is 108 Å². The van der Waals surface area contributed by atoms with Crippen molar-refractivity contribution in [1.29, 1.82) is 5.26 Å². The van der Waals surface area contributed by atoms with Gasteiger partial charge in [0.2, 0.25) is 0 Å². The van der Waals surface area contributed by atoms with Crippen LogP contribution < -0.4 is 10.6 Å². The summed E-state index contributed by atoms with van der Waals surface area (Å²) in [4.78, 5) is 35.9. The lowest BCUT2D eigenvalue weighted by Gasteiger charge is -2.21. The van der Waals surface area contributed by atoms with Crippen LogP contribution in [0.5, 0.6) is 0 Å². The monoisotopic (exact) mass is 385 g/mol. The molecule has 0 radical (unpaired) electrons. The molecule has 0 aromatic heterocycles. The van der Waals surface area contributed by atoms with E-state index in [4.69, 9.17) is 4.74 Å². The Hall–Kier alpha value is -3.14. The van der Waals surface area contributed by atoms with Gasteiger partial charge in [-0.1, -0.05) is 38.1 Å². The minimum atomic E-state index is -1.24. The summed E-state index contributed by atoms with van der Waals surface area (Å²) in [6.45, 7) is 10.7. The summed E-state index contributed by atoms with van der Waals surface area (Å²) in [5.41, 5.74) is 1.04. The van der Waals surface area contributed by atoms with E-state index in [9.17, 15) is 19.6 Å². The Labute approximate surface area is 165 Å². The van der Waals surface area contributed by atoms with Crippen LogP contribution in [0.1, 0.15) is 58.6 Å². The van der Waals surface area contributed by atoms with E-state index in [1.54, 1.807) is 39.0 Å². The van der Waals surface area contributed by atoms with E-state index >= 15 is 0 Å². The summed E-state index contributed by atoms with van der Waals surface area (Å²) in [5.74, 6) is -1.35. The van der Waals surface area contributed by atoms with Crippen LogP contribution in [0.4, 0.5) is 4.79 Å². The van der Waals surface area contributed by atoms with Crippen molar-refractivity contribution in [3.8, 4) is 6.07 Å². The number of imide groups is 1. The van der Waals surface area contributed by atoms with Gasteiger partial charge in [-0.15, -0.1) is 0 Å². The fourth-order valence-electron chi connectivity index (χ4n) is 2.14. The number of carbonyl (C=O) groups excluding carboxylic acids is 3. The van der Waals surface area contributed by atoms with E-state index in [2.05, 4.69) is 24.5 Å². The summed E-state index contributed by atoms with van der Waals surface area (Å²) in [7, 11) is 0. The molecule has 0 aliphatic rings. The molecule has 1 aromatic rings. The molecule has 28 heavy (non-hydrogen) atoms. The Morgan fingerprint density at radius 3 is 2.14 bits per heavy atom. The molecule has 0 bridgehead atoms. The Morgan fingerprint density at radius 1 is 1.11 bits per heavy atom. The van der Waals surface area contributed by atoms with Crippen LogP contribution in [0.15, 0.2) is 29.8 Å². The number of hydrogen-bond donors (Lipinski definition) is 2. The second kappa shape index (κ2) is 9.70. The molecule has 0 unspecified atom stereocenters. The maximum Gasteiger partial charge on any atom is 0.349 e. The van der Waals surface area contributed by atoms with Gasteiger partial charge in [-0.25, -0.2) is 9.59 Å². The van der Waals surface area contributed by atoms with E-state index < -0.39 is 29.6 Å². The first-order chi connectivity index (χ1) is 12.9. The molecule has 150 valence electrons. The van der Waals surface area contributed by atoms with Crippen LogP contribution >= 0.6 is 0 Å². The zero-order valence-electron chi connectivity index (χ0n) is 17.1. The van der Waals surface area contributed by atoms with Crippen molar-refractivity contribution in [2.45, 2.75) is 59.1 Å². The molecular formula is C21H27N3O4. The summed E-state index contributed by atoms with van der Waals surface area (Å²) in [6.07, 6.45) is 0.155. The fraction of sp³-hybridized carbons (Fsp3) is 0.429. The summed E-state index contributed by atoms with van der Waals surface area (Å²) < 4.78 is 5.01. The van der Waals surface area contributed by atoms with Gasteiger partial charge in [0.15, 0.2) is 6.10 Å². The number of nitrogens with zero attached hydrogens (tertiary/aromatic N) is 1. The lowest BCUT2D eigenvalue weighted by Crippen LogP contribution is -2.50. The van der Waals surface area contributed by atoms with Crippen molar-refractivity contribution < 1.29 is 19.1 Å². The number of benzene rings is 1. The second-order valence-electron chi connectivity index (χ2n) is 7.73. The molecule has 7 nitrogen and oxygen atoms in total. The predicted octanol–water partition coefficient (Wildman–Crippen LogP) is 3.27. The molecule has 3 amide bonds. The highest BCUT2D eigenvalue weighted by Gasteiger charge is 2.23. The second-order valence-corrected chi connectivity index (χ2v) is 7.73. The molecule has 0 fully saturated rings. The van der Waals surface area contributed by atoms with Crippen LogP contribution in [0.25, 0.3) is 6.08 Å². The molecular weight excluding hydrogens is 358 g/mol. The van der Waals surface area contributed by atoms with Crippen LogP contribution in [0.3, 0.4) is 0 Å². The summed E-state index contributed by atoms with van der Waals surface area (Å²) >= 11 is 0. The Balaban J connectivity index is 2.76. The molecule has 7 heteroatoms. The average Bonchev–Trinajstić information content (AvgIpc) is 2.57. The van der Waals surface area contributed by atoms with Gasteiger partial charge in [-0.3, -0.25) is 10.1 Å². The molecule has 0 spiro atoms. The highest BCUT2D eigenvalue weighted by Crippen LogP contribution is 2.16. The molecule has 0 aliphatic heterocycles. The van der Waals surface area contributed by atoms with Gasteiger partial charge in [0.25, 0.3) is 5.91 Å². The molecule has 0 saturated heterocycles. The van der Waals surface area contributed by atoms with Crippen molar-refractivity contribution in [2.75, 3.05) is 0 Å². The molecule has 0 saturated carbocycles. The van der Waals surface area contributed by atoms with Gasteiger partial charge in [-0.05, 0) is 50.8 Å². The van der Waals surface area contributed by atoms with Crippen LogP contribution in [0, 0.1) is 11.3 Å². The number of hydrogen-bond acceptors (Lipinski definition) is 5. The quantitative estimate of drug-likeness (QED) is 0.459. The molecule has 1 rings (SSSR count). The Kier molecular flexibility index (Phi) is 7.93. The lowest BCUT2D eigenvalue weighted by molar-refractivity contribution is -0.150. The van der Waals surface area contributed by atoms with E-state index in [0.717, 1.165) is 5.56 Å². The summed E-state index contributed by atoms with van der Waals surface area (Å²) in [6, 6.07) is 8.52. The smallest absolute Gasteiger partial charge is 0.349 e. The number of nitriles is 1. The maximum atomic E-state index is 12.2. The van der Waals surface area contributed by atoms with Crippen LogP contribution in [0.2, 0.25) is 0 Å². The van der Waals surface area contributed by atoms with Gasteiger partial charge in [-0.2, -0.15) is 5.26 Å². The SMILES string of the molecule is CC(C)c1ccc(/C=C(\C#N)C(=O)O[C@@H](C)C(=O)NC(=O)NC(C)(C)C)cc1. The van der Waals surface area contributed by atoms with Crippen molar-refractivity contribution in [2.24, 2.45) is 0 Å². The predicted molar refractivity (Wildman–Crippen MR) is 106 cm³/mol. The van der Waals surface area contributed by atoms with Crippen molar-refractivity contribution in [3.05, 3.63) is 41.0 Å². The van der Waals surface area contributed by atoms with Crippen molar-refractivity contribution in [3.63, 3.8) is 0 Å². The number of rotatable bonds is 5. The third-order valence-electron chi connectivity index (χ3n) is 3.63. The highest BCUT2D eigenvalue weighted by molar-refractivity contribution is 6.01. The number of carbonyl (C=O) groups is 3. The van der Waals surface area contributed by atoms with Gasteiger partial charge in [0.1, 0.15) is 11.6 Å². The minimum Gasteiger partial charge on any atom is -0.448 e. The van der Waals surface area contributed by atoms with Gasteiger partial charge >= 0.3 is 12.0 Å². The maximum absolute atomic E-state index is 12.2. The average molecular weight is 385 g/mol. The Morgan fingerprint density at radius 2 is 1.68 bits per heavy atom. The van der Waals surface area contributed by atoms with Gasteiger partial charge in [0.05, 0.1) is 0 Å². The normalized spacial score (nSPS) is 12.7. The van der Waals surface area contributed by atoms with E-state index in [1.165, 1.54) is 13.0 Å². The first kappa shape index (κ1) is 22.9. The molecule has 1 aromatic carbocycles. The standard InChI is InChI=1S/C21H27N3O4/c1-13(2)16-9-7-15(8-10-16)11-17(12-22)19(26)28-14(3)18(25)23-20(27)24-21(4,5)6/h7-11,13-14H,1-6H3,(H2,23,24,25,27)/b17-11+/t14-/m0/s1. The first-order valence-electron chi connectivity index (χ1n) is 8.98. The van der Waals surface area contributed by atoms with Gasteiger partial charge < -0.3 is 10.1 Å². The zero-order valence-corrected chi connectivity index (χ0v) is 17.1. The number of esters is 1. The largest absolute Gasteiger partial charge is 0.448 e. The highest BCUT2D eigenvalue weighted by atomic mass is 16.5. The van der Waals surface area contributed by atoms with Crippen LogP contribution in [-0.2, 0) is 14.3 Å². The first-order valence-corrected chi connectivity index (χ1v) is 8.98. The molecule has 0 heterocycles. The van der Waals surface area contributed by atoms with E-state index in [0.29, 0.717) is 11.5 Å². The minimum absolute atomic E-state index is 0.240. The summed E-state index contributed by atoms with van der Waals surface area (Å²) in [5, 5.41) is 13.9. The molecule has 1 atom stereocenters. The number of amides is 3. The van der Waals surface area contributed by atoms with E-state index in [-0.39, 0.29) is 5.57 Å². The fourth-order valence-corrected chi connectivity index (χ4v) is 2.14. The van der Waals surface area contributed by atoms with Crippen LogP contribution in [-0.4, -0.2) is 29.6 Å². The van der Waals surface area contributed by atoms with E-state index in [1.807, 2.05) is 12.1 Å².